The lowest BCUT2D eigenvalue weighted by molar-refractivity contribution is -0.126. The molecule has 0 unspecified atom stereocenters. The van der Waals surface area contributed by atoms with Crippen molar-refractivity contribution < 1.29 is 14.7 Å². The quantitative estimate of drug-likeness (QED) is 0.788. The molecule has 5 heteroatoms. The minimum Gasteiger partial charge on any atom is -0.478 e. The summed E-state index contributed by atoms with van der Waals surface area (Å²) in [6, 6.07) is 4.63. The van der Waals surface area contributed by atoms with Gasteiger partial charge in [0.15, 0.2) is 0 Å². The van der Waals surface area contributed by atoms with Gasteiger partial charge in [-0.05, 0) is 52.3 Å². The number of benzene rings is 1. The molecule has 1 aromatic carbocycles. The van der Waals surface area contributed by atoms with Crippen molar-refractivity contribution in [2.45, 2.75) is 40.2 Å². The molecule has 0 aliphatic heterocycles. The van der Waals surface area contributed by atoms with Crippen molar-refractivity contribution in [3.05, 3.63) is 29.3 Å². The summed E-state index contributed by atoms with van der Waals surface area (Å²) in [5, 5.41) is 11.8. The summed E-state index contributed by atoms with van der Waals surface area (Å²) in [5.74, 6) is -1.27. The van der Waals surface area contributed by atoms with Gasteiger partial charge in [0.1, 0.15) is 0 Å². The number of rotatable bonds is 4. The van der Waals surface area contributed by atoms with E-state index in [2.05, 4.69) is 5.32 Å². The van der Waals surface area contributed by atoms with Crippen LogP contribution in [0, 0.1) is 12.3 Å². The van der Waals surface area contributed by atoms with Crippen molar-refractivity contribution in [3.63, 3.8) is 0 Å². The molecule has 1 aromatic rings. The monoisotopic (exact) mass is 278 g/mol. The van der Waals surface area contributed by atoms with E-state index in [1.54, 1.807) is 33.8 Å². The topological polar surface area (TPSA) is 92.4 Å². The Morgan fingerprint density at radius 3 is 2.20 bits per heavy atom. The number of carbonyl (C=O) groups is 2. The summed E-state index contributed by atoms with van der Waals surface area (Å²) in [6.45, 7) is 8.90. The Hall–Kier alpha value is -1.88. The van der Waals surface area contributed by atoms with Crippen LogP contribution in [0.15, 0.2) is 18.2 Å². The Morgan fingerprint density at radius 2 is 1.75 bits per heavy atom. The summed E-state index contributed by atoms with van der Waals surface area (Å²) in [7, 11) is 0. The van der Waals surface area contributed by atoms with Crippen LogP contribution in [-0.2, 0) is 4.79 Å². The van der Waals surface area contributed by atoms with Gasteiger partial charge in [0, 0.05) is 11.2 Å². The van der Waals surface area contributed by atoms with Crippen LogP contribution >= 0.6 is 0 Å². The molecule has 0 aliphatic carbocycles. The fourth-order valence-corrected chi connectivity index (χ4v) is 1.46. The maximum Gasteiger partial charge on any atom is 0.335 e. The molecule has 110 valence electrons. The van der Waals surface area contributed by atoms with Gasteiger partial charge >= 0.3 is 5.97 Å². The van der Waals surface area contributed by atoms with E-state index in [4.69, 9.17) is 10.8 Å². The number of carboxylic acid groups (broad SMARTS) is 1. The van der Waals surface area contributed by atoms with Gasteiger partial charge in [-0.2, -0.15) is 0 Å². The van der Waals surface area contributed by atoms with Crippen LogP contribution in [0.5, 0.6) is 0 Å². The summed E-state index contributed by atoms with van der Waals surface area (Å²) < 4.78 is 0. The largest absolute Gasteiger partial charge is 0.478 e. The van der Waals surface area contributed by atoms with Gasteiger partial charge in [-0.25, -0.2) is 4.79 Å². The molecule has 0 spiro atoms. The van der Waals surface area contributed by atoms with Gasteiger partial charge in [0.05, 0.1) is 11.0 Å². The molecule has 1 amide bonds. The van der Waals surface area contributed by atoms with Gasteiger partial charge in [-0.15, -0.1) is 0 Å². The molecule has 0 saturated heterocycles. The third-order valence-electron chi connectivity index (χ3n) is 3.91. The molecule has 0 aliphatic rings. The highest BCUT2D eigenvalue weighted by molar-refractivity contribution is 5.98. The Bertz CT molecular complexity index is 543. The van der Waals surface area contributed by atoms with E-state index >= 15 is 0 Å². The SMILES string of the molecule is Cc1ccc(C(=O)O)cc1NC(=O)C(C)(C)C(C)(C)N. The number of carbonyl (C=O) groups excluding carboxylic acids is 1. The number of amides is 1. The molecule has 1 rings (SSSR count). The summed E-state index contributed by atoms with van der Waals surface area (Å²) in [6.07, 6.45) is 0. The van der Waals surface area contributed by atoms with Crippen molar-refractivity contribution in [2.24, 2.45) is 11.1 Å². The maximum absolute atomic E-state index is 12.4. The average molecular weight is 278 g/mol. The number of carboxylic acids is 1. The molecule has 0 saturated carbocycles. The first-order valence-corrected chi connectivity index (χ1v) is 6.41. The molecule has 0 heterocycles. The normalized spacial score (nSPS) is 12.1. The summed E-state index contributed by atoms with van der Waals surface area (Å²) >= 11 is 0. The molecule has 20 heavy (non-hydrogen) atoms. The first kappa shape index (κ1) is 16.2. The molecule has 0 atom stereocenters. The zero-order valence-corrected chi connectivity index (χ0v) is 12.6. The van der Waals surface area contributed by atoms with Crippen LogP contribution in [-0.4, -0.2) is 22.5 Å². The Balaban J connectivity index is 3.08. The lowest BCUT2D eigenvalue weighted by Crippen LogP contribution is -2.53. The van der Waals surface area contributed by atoms with E-state index in [1.807, 2.05) is 6.92 Å². The van der Waals surface area contributed by atoms with E-state index in [0.29, 0.717) is 5.69 Å². The molecule has 0 bridgehead atoms. The van der Waals surface area contributed by atoms with Gasteiger partial charge in [0.2, 0.25) is 5.91 Å². The highest BCUT2D eigenvalue weighted by atomic mass is 16.4. The predicted molar refractivity (Wildman–Crippen MR) is 78.8 cm³/mol. The second-order valence-corrected chi connectivity index (χ2v) is 6.14. The van der Waals surface area contributed by atoms with Crippen molar-refractivity contribution in [2.75, 3.05) is 5.32 Å². The van der Waals surface area contributed by atoms with Crippen LogP contribution in [0.3, 0.4) is 0 Å². The standard InChI is InChI=1S/C15H22N2O3/c1-9-6-7-10(12(18)19)8-11(9)17-13(20)14(2,3)15(4,5)16/h6-8H,16H2,1-5H3,(H,17,20)(H,18,19). The second kappa shape index (κ2) is 5.25. The van der Waals surface area contributed by atoms with Crippen molar-refractivity contribution in [1.29, 1.82) is 0 Å². The summed E-state index contributed by atoms with van der Waals surface area (Å²) in [5.41, 5.74) is 5.96. The lowest BCUT2D eigenvalue weighted by atomic mass is 9.74. The highest BCUT2D eigenvalue weighted by Gasteiger charge is 2.40. The van der Waals surface area contributed by atoms with E-state index in [-0.39, 0.29) is 11.5 Å². The fourth-order valence-electron chi connectivity index (χ4n) is 1.46. The van der Waals surface area contributed by atoms with Crippen molar-refractivity contribution >= 4 is 17.6 Å². The highest BCUT2D eigenvalue weighted by Crippen LogP contribution is 2.30. The van der Waals surface area contributed by atoms with Gasteiger partial charge in [-0.3, -0.25) is 4.79 Å². The number of hydrogen-bond acceptors (Lipinski definition) is 3. The van der Waals surface area contributed by atoms with E-state index in [0.717, 1.165) is 5.56 Å². The Morgan fingerprint density at radius 1 is 1.20 bits per heavy atom. The van der Waals surface area contributed by atoms with Crippen LogP contribution in [0.2, 0.25) is 0 Å². The van der Waals surface area contributed by atoms with Crippen LogP contribution in [0.4, 0.5) is 5.69 Å². The number of hydrogen-bond donors (Lipinski definition) is 3. The number of nitrogens with one attached hydrogen (secondary N) is 1. The molecular weight excluding hydrogens is 256 g/mol. The first-order chi connectivity index (χ1) is 8.96. The summed E-state index contributed by atoms with van der Waals surface area (Å²) in [4.78, 5) is 23.3. The molecule has 0 aromatic heterocycles. The van der Waals surface area contributed by atoms with Gasteiger partial charge in [0.25, 0.3) is 0 Å². The van der Waals surface area contributed by atoms with Gasteiger partial charge < -0.3 is 16.2 Å². The number of nitrogens with two attached hydrogens (primary N) is 1. The maximum atomic E-state index is 12.4. The fraction of sp³-hybridized carbons (Fsp3) is 0.467. The van der Waals surface area contributed by atoms with Gasteiger partial charge in [-0.1, -0.05) is 6.07 Å². The zero-order valence-electron chi connectivity index (χ0n) is 12.6. The lowest BCUT2D eigenvalue weighted by Gasteiger charge is -2.37. The van der Waals surface area contributed by atoms with Crippen LogP contribution in [0.25, 0.3) is 0 Å². The molecule has 0 radical (unpaired) electrons. The van der Waals surface area contributed by atoms with Crippen LogP contribution in [0.1, 0.15) is 43.6 Å². The predicted octanol–water partition coefficient (Wildman–Crippen LogP) is 2.40. The zero-order chi connectivity index (χ0) is 15.7. The second-order valence-electron chi connectivity index (χ2n) is 6.14. The molecule has 0 fully saturated rings. The molecular formula is C15H22N2O3. The van der Waals surface area contributed by atoms with E-state index in [1.165, 1.54) is 12.1 Å². The molecule has 4 N–H and O–H groups in total. The minimum absolute atomic E-state index is 0.135. The third kappa shape index (κ3) is 3.17. The van der Waals surface area contributed by atoms with Crippen LogP contribution < -0.4 is 11.1 Å². The van der Waals surface area contributed by atoms with E-state index in [9.17, 15) is 9.59 Å². The number of anilines is 1. The Labute approximate surface area is 119 Å². The third-order valence-corrected chi connectivity index (χ3v) is 3.91. The number of aryl methyl sites for hydroxylation is 1. The van der Waals surface area contributed by atoms with Crippen molar-refractivity contribution in [3.8, 4) is 0 Å². The molecule has 5 nitrogen and oxygen atoms in total. The number of aromatic carboxylic acids is 1. The average Bonchev–Trinajstić information content (AvgIpc) is 2.29. The van der Waals surface area contributed by atoms with E-state index < -0.39 is 16.9 Å². The first-order valence-electron chi connectivity index (χ1n) is 6.41. The minimum atomic E-state index is -1.03. The smallest absolute Gasteiger partial charge is 0.335 e. The Kier molecular flexibility index (Phi) is 4.24. The van der Waals surface area contributed by atoms with Crippen molar-refractivity contribution in [1.82, 2.24) is 0 Å².